The van der Waals surface area contributed by atoms with Crippen molar-refractivity contribution < 1.29 is 5.11 Å². The molecule has 4 fully saturated rings. The first kappa shape index (κ1) is 18.7. The molecule has 6 rings (SSSR count). The van der Waals surface area contributed by atoms with Gasteiger partial charge in [-0.3, -0.25) is 4.99 Å². The standard InChI is InChI=1S/C24H25BrClNO/c1-15-2-3-19(8-21(15)27-13-18-7-20(25)4-5-22(18)28)23-9-16-6-17(10-23)12-24(26,11-16)14-23/h2-5,7-8,13,16-17,28H,6,9-12,14H2,1H3. The monoisotopic (exact) mass is 457 g/mol. The van der Waals surface area contributed by atoms with E-state index in [0.717, 1.165) is 34.0 Å². The third kappa shape index (κ3) is 3.21. The van der Waals surface area contributed by atoms with Crippen LogP contribution in [0.2, 0.25) is 0 Å². The van der Waals surface area contributed by atoms with Crippen LogP contribution >= 0.6 is 27.5 Å². The second kappa shape index (κ2) is 6.60. The zero-order valence-corrected chi connectivity index (χ0v) is 18.4. The summed E-state index contributed by atoms with van der Waals surface area (Å²) >= 11 is 10.5. The van der Waals surface area contributed by atoms with Crippen molar-refractivity contribution in [2.45, 2.75) is 55.7 Å². The first-order valence-corrected chi connectivity index (χ1v) is 11.3. The highest BCUT2D eigenvalue weighted by Gasteiger charge is 2.57. The SMILES string of the molecule is Cc1ccc(C23CC4CC(CC(Cl)(C4)C2)C3)cc1N=Cc1cc(Br)ccc1O. The maximum absolute atomic E-state index is 10.1. The van der Waals surface area contributed by atoms with Gasteiger partial charge in [0.25, 0.3) is 0 Å². The summed E-state index contributed by atoms with van der Waals surface area (Å²) < 4.78 is 0.929. The van der Waals surface area contributed by atoms with Gasteiger partial charge in [-0.05, 0) is 98.1 Å². The highest BCUT2D eigenvalue weighted by molar-refractivity contribution is 9.10. The van der Waals surface area contributed by atoms with Crippen molar-refractivity contribution in [3.05, 3.63) is 57.6 Å². The number of halogens is 2. The van der Waals surface area contributed by atoms with Crippen LogP contribution in [0.5, 0.6) is 5.75 Å². The van der Waals surface area contributed by atoms with E-state index >= 15 is 0 Å². The Bertz CT molecular complexity index is 955. The van der Waals surface area contributed by atoms with Gasteiger partial charge >= 0.3 is 0 Å². The Morgan fingerprint density at radius 3 is 2.57 bits per heavy atom. The van der Waals surface area contributed by atoms with Gasteiger partial charge in [-0.1, -0.05) is 28.1 Å². The normalized spacial score (nSPS) is 33.7. The summed E-state index contributed by atoms with van der Waals surface area (Å²) in [6.45, 7) is 2.10. The number of phenols is 1. The molecule has 0 heterocycles. The first-order chi connectivity index (χ1) is 13.3. The molecule has 4 aliphatic carbocycles. The van der Waals surface area contributed by atoms with E-state index in [1.165, 1.54) is 37.7 Å². The minimum atomic E-state index is 0.0144. The number of alkyl halides is 1. The zero-order chi connectivity index (χ0) is 19.5. The molecule has 2 unspecified atom stereocenters. The number of nitrogens with zero attached hydrogens (tertiary/aromatic N) is 1. The summed E-state index contributed by atoms with van der Waals surface area (Å²) in [6.07, 6.45) is 9.18. The van der Waals surface area contributed by atoms with Crippen LogP contribution in [0.1, 0.15) is 55.2 Å². The molecule has 2 nitrogen and oxygen atoms in total. The molecule has 2 atom stereocenters. The van der Waals surface area contributed by atoms with E-state index in [1.807, 2.05) is 12.1 Å². The van der Waals surface area contributed by atoms with Crippen molar-refractivity contribution in [2.75, 3.05) is 0 Å². The molecule has 1 N–H and O–H groups in total. The fourth-order valence-corrected chi connectivity index (χ4v) is 7.41. The quantitative estimate of drug-likeness (QED) is 0.388. The number of phenolic OH excluding ortho intramolecular Hbond substituents is 1. The zero-order valence-electron chi connectivity index (χ0n) is 16.1. The van der Waals surface area contributed by atoms with Crippen LogP contribution in [-0.2, 0) is 5.41 Å². The van der Waals surface area contributed by atoms with Crippen molar-refractivity contribution in [3.8, 4) is 5.75 Å². The van der Waals surface area contributed by atoms with E-state index in [1.54, 1.807) is 12.3 Å². The molecule has 0 aliphatic heterocycles. The number of hydrogen-bond donors (Lipinski definition) is 1. The molecular weight excluding hydrogens is 434 g/mol. The largest absolute Gasteiger partial charge is 0.507 e. The molecule has 4 saturated carbocycles. The van der Waals surface area contributed by atoms with E-state index in [0.29, 0.717) is 5.56 Å². The van der Waals surface area contributed by atoms with Gasteiger partial charge in [0.2, 0.25) is 0 Å². The highest BCUT2D eigenvalue weighted by atomic mass is 79.9. The molecule has 0 aromatic heterocycles. The Morgan fingerprint density at radius 2 is 1.86 bits per heavy atom. The van der Waals surface area contributed by atoms with Crippen LogP contribution < -0.4 is 0 Å². The number of aromatic hydroxyl groups is 1. The average molecular weight is 459 g/mol. The van der Waals surface area contributed by atoms with Gasteiger partial charge in [-0.25, -0.2) is 0 Å². The van der Waals surface area contributed by atoms with Crippen molar-refractivity contribution >= 4 is 39.4 Å². The van der Waals surface area contributed by atoms with Crippen LogP contribution in [0.3, 0.4) is 0 Å². The smallest absolute Gasteiger partial charge is 0.124 e. The van der Waals surface area contributed by atoms with Crippen LogP contribution in [0.4, 0.5) is 5.69 Å². The molecular formula is C24H25BrClNO. The molecule has 4 heteroatoms. The second-order valence-corrected chi connectivity index (χ2v) is 11.1. The lowest BCUT2D eigenvalue weighted by Gasteiger charge is -2.60. The van der Waals surface area contributed by atoms with Crippen molar-refractivity contribution in [1.82, 2.24) is 0 Å². The van der Waals surface area contributed by atoms with E-state index in [2.05, 4.69) is 41.1 Å². The number of rotatable bonds is 3. The van der Waals surface area contributed by atoms with Crippen molar-refractivity contribution in [2.24, 2.45) is 16.8 Å². The topological polar surface area (TPSA) is 32.6 Å². The Kier molecular flexibility index (Phi) is 4.41. The van der Waals surface area contributed by atoms with Gasteiger partial charge in [0.15, 0.2) is 0 Å². The lowest BCUT2D eigenvalue weighted by molar-refractivity contribution is 0.00900. The minimum Gasteiger partial charge on any atom is -0.507 e. The van der Waals surface area contributed by atoms with E-state index < -0.39 is 0 Å². The Labute approximate surface area is 180 Å². The van der Waals surface area contributed by atoms with E-state index in [4.69, 9.17) is 16.6 Å². The maximum Gasteiger partial charge on any atom is 0.124 e. The molecule has 0 radical (unpaired) electrons. The fraction of sp³-hybridized carbons (Fsp3) is 0.458. The lowest BCUT2D eigenvalue weighted by atomic mass is 9.47. The molecule has 0 saturated heterocycles. The van der Waals surface area contributed by atoms with Crippen LogP contribution in [0.15, 0.2) is 45.9 Å². The summed E-state index contributed by atoms with van der Waals surface area (Å²) in [5.74, 6) is 1.81. The molecule has 4 aliphatic rings. The predicted octanol–water partition coefficient (Wildman–Crippen LogP) is 7.04. The molecule has 146 valence electrons. The van der Waals surface area contributed by atoms with Crippen molar-refractivity contribution in [1.29, 1.82) is 0 Å². The third-order valence-electron chi connectivity index (χ3n) is 7.14. The molecule has 0 amide bonds. The number of aliphatic imine (C=N–C) groups is 1. The van der Waals surface area contributed by atoms with Gasteiger partial charge in [0, 0.05) is 21.1 Å². The summed E-state index contributed by atoms with van der Waals surface area (Å²) in [7, 11) is 0. The average Bonchev–Trinajstić information content (AvgIpc) is 2.61. The van der Waals surface area contributed by atoms with Gasteiger partial charge < -0.3 is 5.11 Å². The summed E-state index contributed by atoms with van der Waals surface area (Å²) in [4.78, 5) is 4.76. The number of hydrogen-bond acceptors (Lipinski definition) is 2. The van der Waals surface area contributed by atoms with Gasteiger partial charge in [0.1, 0.15) is 5.75 Å². The van der Waals surface area contributed by atoms with Crippen LogP contribution in [0.25, 0.3) is 0 Å². The third-order valence-corrected chi connectivity index (χ3v) is 8.08. The number of aryl methyl sites for hydroxylation is 1. The summed E-state index contributed by atoms with van der Waals surface area (Å²) in [5.41, 5.74) is 4.48. The first-order valence-electron chi connectivity index (χ1n) is 10.2. The maximum atomic E-state index is 10.1. The summed E-state index contributed by atoms with van der Waals surface area (Å²) in [6, 6.07) is 12.2. The van der Waals surface area contributed by atoms with Crippen LogP contribution in [-0.4, -0.2) is 16.2 Å². The second-order valence-electron chi connectivity index (χ2n) is 9.35. The molecule has 0 spiro atoms. The Morgan fingerprint density at radius 1 is 1.11 bits per heavy atom. The van der Waals surface area contributed by atoms with E-state index in [9.17, 15) is 5.11 Å². The van der Waals surface area contributed by atoms with Gasteiger partial charge in [-0.2, -0.15) is 0 Å². The Hall–Kier alpha value is -1.32. The van der Waals surface area contributed by atoms with Crippen LogP contribution in [0, 0.1) is 18.8 Å². The minimum absolute atomic E-state index is 0.0144. The Balaban J connectivity index is 1.50. The van der Waals surface area contributed by atoms with Crippen molar-refractivity contribution in [3.63, 3.8) is 0 Å². The molecule has 28 heavy (non-hydrogen) atoms. The highest BCUT2D eigenvalue weighted by Crippen LogP contribution is 2.64. The lowest BCUT2D eigenvalue weighted by Crippen LogP contribution is -2.55. The molecule has 4 bridgehead atoms. The predicted molar refractivity (Wildman–Crippen MR) is 119 cm³/mol. The van der Waals surface area contributed by atoms with E-state index in [-0.39, 0.29) is 16.0 Å². The number of benzene rings is 2. The van der Waals surface area contributed by atoms with Gasteiger partial charge in [0.05, 0.1) is 5.69 Å². The summed E-state index contributed by atoms with van der Waals surface area (Å²) in [5, 5.41) is 10.1. The molecule has 2 aromatic rings. The van der Waals surface area contributed by atoms with Gasteiger partial charge in [-0.15, -0.1) is 11.6 Å². The fourth-order valence-electron chi connectivity index (χ4n) is 6.33. The molecule has 2 aromatic carbocycles.